The summed E-state index contributed by atoms with van der Waals surface area (Å²) in [4.78, 5) is 2.45. The topological polar surface area (TPSA) is 32.7 Å². The third-order valence-electron chi connectivity index (χ3n) is 3.93. The van der Waals surface area contributed by atoms with Crippen LogP contribution in [0.4, 0.5) is 0 Å². The molecule has 1 aliphatic carbocycles. The lowest BCUT2D eigenvalue weighted by atomic mass is 9.99. The summed E-state index contributed by atoms with van der Waals surface area (Å²) >= 11 is 0. The average molecular weight is 233 g/mol. The Labute approximate surface area is 102 Å². The van der Waals surface area contributed by atoms with Crippen LogP contribution >= 0.6 is 0 Å². The lowest BCUT2D eigenvalue weighted by Gasteiger charge is -2.29. The van der Waals surface area contributed by atoms with Gasteiger partial charge in [0.1, 0.15) is 5.75 Å². The van der Waals surface area contributed by atoms with E-state index in [0.29, 0.717) is 11.7 Å². The predicted octanol–water partition coefficient (Wildman–Crippen LogP) is 1.75. The Hall–Kier alpha value is -1.06. The lowest BCUT2D eigenvalue weighted by molar-refractivity contribution is 0.0350. The van der Waals surface area contributed by atoms with Crippen LogP contribution in [0.15, 0.2) is 18.2 Å². The smallest absolute Gasteiger partial charge is 0.119 e. The molecule has 17 heavy (non-hydrogen) atoms. The highest BCUT2D eigenvalue weighted by molar-refractivity contribution is 5.45. The van der Waals surface area contributed by atoms with E-state index in [1.54, 1.807) is 0 Å². The highest BCUT2D eigenvalue weighted by Gasteiger charge is 2.27. The first kappa shape index (κ1) is 11.1. The van der Waals surface area contributed by atoms with Crippen molar-refractivity contribution in [2.24, 2.45) is 0 Å². The van der Waals surface area contributed by atoms with Gasteiger partial charge in [-0.3, -0.25) is 4.90 Å². The number of nitrogens with zero attached hydrogens (tertiary/aromatic N) is 1. The van der Waals surface area contributed by atoms with Crippen molar-refractivity contribution in [1.29, 1.82) is 0 Å². The Bertz CT molecular complexity index is 399. The SMILES string of the molecule is Oc1cccc2c1C(CN1CCOCC1)CC2. The Morgan fingerprint density at radius 1 is 1.29 bits per heavy atom. The van der Waals surface area contributed by atoms with Crippen molar-refractivity contribution >= 4 is 0 Å². The van der Waals surface area contributed by atoms with Crippen LogP contribution in [0.5, 0.6) is 5.75 Å². The maximum atomic E-state index is 9.99. The van der Waals surface area contributed by atoms with Gasteiger partial charge in [0.15, 0.2) is 0 Å². The van der Waals surface area contributed by atoms with Gasteiger partial charge >= 0.3 is 0 Å². The van der Waals surface area contributed by atoms with Gasteiger partial charge < -0.3 is 9.84 Å². The number of rotatable bonds is 2. The van der Waals surface area contributed by atoms with E-state index in [0.717, 1.165) is 39.3 Å². The van der Waals surface area contributed by atoms with Crippen molar-refractivity contribution in [3.63, 3.8) is 0 Å². The van der Waals surface area contributed by atoms with Gasteiger partial charge in [-0.25, -0.2) is 0 Å². The number of phenolic OH excluding ortho intramolecular Hbond substituents is 1. The molecule has 0 aromatic heterocycles. The fraction of sp³-hybridized carbons (Fsp3) is 0.571. The minimum Gasteiger partial charge on any atom is -0.508 e. The van der Waals surface area contributed by atoms with Gasteiger partial charge in [-0.05, 0) is 24.5 Å². The number of benzene rings is 1. The molecule has 2 aliphatic rings. The molecule has 0 saturated carbocycles. The molecule has 1 aromatic carbocycles. The van der Waals surface area contributed by atoms with E-state index < -0.39 is 0 Å². The molecule has 0 spiro atoms. The molecule has 1 aliphatic heterocycles. The Kier molecular flexibility index (Phi) is 3.04. The van der Waals surface area contributed by atoms with E-state index >= 15 is 0 Å². The molecule has 1 atom stereocenters. The molecular weight excluding hydrogens is 214 g/mol. The molecule has 3 nitrogen and oxygen atoms in total. The molecule has 1 N–H and O–H groups in total. The monoisotopic (exact) mass is 233 g/mol. The average Bonchev–Trinajstić information content (AvgIpc) is 2.75. The summed E-state index contributed by atoms with van der Waals surface area (Å²) < 4.78 is 5.37. The first-order valence-electron chi connectivity index (χ1n) is 6.45. The van der Waals surface area contributed by atoms with Gasteiger partial charge in [-0.1, -0.05) is 12.1 Å². The summed E-state index contributed by atoms with van der Waals surface area (Å²) in [5.41, 5.74) is 2.53. The molecule has 0 radical (unpaired) electrons. The molecule has 1 unspecified atom stereocenters. The van der Waals surface area contributed by atoms with Crippen LogP contribution in [-0.2, 0) is 11.2 Å². The van der Waals surface area contributed by atoms with Crippen LogP contribution in [0, 0.1) is 0 Å². The van der Waals surface area contributed by atoms with Crippen molar-refractivity contribution in [3.8, 4) is 5.75 Å². The van der Waals surface area contributed by atoms with Gasteiger partial charge in [0.05, 0.1) is 13.2 Å². The van der Waals surface area contributed by atoms with Crippen molar-refractivity contribution in [2.75, 3.05) is 32.8 Å². The quantitative estimate of drug-likeness (QED) is 0.844. The molecular formula is C14H19NO2. The Morgan fingerprint density at radius 3 is 2.94 bits per heavy atom. The van der Waals surface area contributed by atoms with Crippen molar-refractivity contribution in [2.45, 2.75) is 18.8 Å². The second kappa shape index (κ2) is 4.67. The fourth-order valence-electron chi connectivity index (χ4n) is 3.04. The standard InChI is InChI=1S/C14H19NO2/c16-13-3-1-2-11-4-5-12(14(11)13)10-15-6-8-17-9-7-15/h1-3,12,16H,4-10H2. The number of hydrogen-bond donors (Lipinski definition) is 1. The zero-order valence-electron chi connectivity index (χ0n) is 10.1. The summed E-state index contributed by atoms with van der Waals surface area (Å²) in [5.74, 6) is 0.988. The van der Waals surface area contributed by atoms with Gasteiger partial charge in [0, 0.05) is 31.1 Å². The first-order chi connectivity index (χ1) is 8.34. The van der Waals surface area contributed by atoms with Crippen molar-refractivity contribution in [3.05, 3.63) is 29.3 Å². The summed E-state index contributed by atoms with van der Waals surface area (Å²) in [5, 5.41) is 9.99. The zero-order valence-corrected chi connectivity index (χ0v) is 10.1. The van der Waals surface area contributed by atoms with E-state index in [1.165, 1.54) is 17.5 Å². The molecule has 3 rings (SSSR count). The highest BCUT2D eigenvalue weighted by atomic mass is 16.5. The van der Waals surface area contributed by atoms with Crippen LogP contribution in [0.1, 0.15) is 23.5 Å². The number of fused-ring (bicyclic) bond motifs is 1. The molecule has 0 amide bonds. The minimum absolute atomic E-state index is 0.484. The first-order valence-corrected chi connectivity index (χ1v) is 6.45. The third-order valence-corrected chi connectivity index (χ3v) is 3.93. The number of aryl methyl sites for hydroxylation is 1. The minimum atomic E-state index is 0.484. The number of phenols is 1. The number of ether oxygens (including phenoxy) is 1. The molecule has 1 saturated heterocycles. The summed E-state index contributed by atoms with van der Waals surface area (Å²) in [6.45, 7) is 4.81. The Balaban J connectivity index is 1.74. The second-order valence-electron chi connectivity index (χ2n) is 5.00. The van der Waals surface area contributed by atoms with Crippen molar-refractivity contribution in [1.82, 2.24) is 4.90 Å². The van der Waals surface area contributed by atoms with Crippen LogP contribution in [0.2, 0.25) is 0 Å². The maximum absolute atomic E-state index is 9.99. The zero-order chi connectivity index (χ0) is 11.7. The van der Waals surface area contributed by atoms with E-state index in [1.807, 2.05) is 12.1 Å². The summed E-state index contributed by atoms with van der Waals surface area (Å²) in [6, 6.07) is 5.91. The van der Waals surface area contributed by atoms with E-state index in [9.17, 15) is 5.11 Å². The van der Waals surface area contributed by atoms with Crippen LogP contribution in [0.25, 0.3) is 0 Å². The van der Waals surface area contributed by atoms with Gasteiger partial charge in [0.25, 0.3) is 0 Å². The molecule has 0 bridgehead atoms. The number of hydrogen-bond acceptors (Lipinski definition) is 3. The lowest BCUT2D eigenvalue weighted by Crippen LogP contribution is -2.38. The van der Waals surface area contributed by atoms with Crippen LogP contribution < -0.4 is 0 Å². The van der Waals surface area contributed by atoms with Crippen molar-refractivity contribution < 1.29 is 9.84 Å². The maximum Gasteiger partial charge on any atom is 0.119 e. The third kappa shape index (κ3) is 2.17. The second-order valence-corrected chi connectivity index (χ2v) is 5.00. The summed E-state index contributed by atoms with van der Waals surface area (Å²) in [6.07, 6.45) is 2.28. The highest BCUT2D eigenvalue weighted by Crippen LogP contribution is 2.39. The summed E-state index contributed by atoms with van der Waals surface area (Å²) in [7, 11) is 0. The van der Waals surface area contributed by atoms with Gasteiger partial charge in [0.2, 0.25) is 0 Å². The normalized spacial score (nSPS) is 24.8. The molecule has 3 heteroatoms. The fourth-order valence-corrected chi connectivity index (χ4v) is 3.04. The van der Waals surface area contributed by atoms with Gasteiger partial charge in [-0.15, -0.1) is 0 Å². The van der Waals surface area contributed by atoms with Crippen LogP contribution in [-0.4, -0.2) is 42.9 Å². The van der Waals surface area contributed by atoms with Crippen LogP contribution in [0.3, 0.4) is 0 Å². The van der Waals surface area contributed by atoms with Gasteiger partial charge in [-0.2, -0.15) is 0 Å². The molecule has 92 valence electrons. The largest absolute Gasteiger partial charge is 0.508 e. The number of aromatic hydroxyl groups is 1. The molecule has 1 aromatic rings. The van der Waals surface area contributed by atoms with E-state index in [4.69, 9.17) is 4.74 Å². The van der Waals surface area contributed by atoms with E-state index in [-0.39, 0.29) is 0 Å². The molecule has 1 heterocycles. The Morgan fingerprint density at radius 2 is 2.12 bits per heavy atom. The number of morpholine rings is 1. The van der Waals surface area contributed by atoms with E-state index in [2.05, 4.69) is 11.0 Å². The molecule has 1 fully saturated rings. The predicted molar refractivity (Wildman–Crippen MR) is 66.4 cm³/mol.